The Bertz CT molecular complexity index is 263. The molecule has 86 valence electrons. The summed E-state index contributed by atoms with van der Waals surface area (Å²) in [5.41, 5.74) is -0.531. The first-order valence-electron chi connectivity index (χ1n) is 4.92. The molecule has 0 unspecified atom stereocenters. The van der Waals surface area contributed by atoms with Crippen molar-refractivity contribution < 1.29 is 14.3 Å². The van der Waals surface area contributed by atoms with Crippen LogP contribution in [0, 0.1) is 0 Å². The van der Waals surface area contributed by atoms with Crippen LogP contribution in [0.15, 0.2) is 12.2 Å². The Kier molecular flexibility index (Phi) is 5.05. The number of ether oxygens (including phenoxy) is 1. The van der Waals surface area contributed by atoms with Gasteiger partial charge in [-0.2, -0.15) is 0 Å². The lowest BCUT2D eigenvalue weighted by atomic mass is 10.2. The van der Waals surface area contributed by atoms with Crippen molar-refractivity contribution >= 4 is 11.9 Å². The topological polar surface area (TPSA) is 55.4 Å². The Morgan fingerprint density at radius 3 is 2.27 bits per heavy atom. The maximum atomic E-state index is 11.4. The van der Waals surface area contributed by atoms with E-state index in [1.54, 1.807) is 40.7 Å². The van der Waals surface area contributed by atoms with Gasteiger partial charge in [-0.05, 0) is 40.7 Å². The second-order valence-electron chi connectivity index (χ2n) is 4.26. The first kappa shape index (κ1) is 13.7. The quantitative estimate of drug-likeness (QED) is 0.569. The molecule has 0 fully saturated rings. The molecule has 4 nitrogen and oxygen atoms in total. The van der Waals surface area contributed by atoms with Crippen LogP contribution in [-0.4, -0.2) is 23.5 Å². The van der Waals surface area contributed by atoms with Crippen molar-refractivity contribution in [3.05, 3.63) is 12.2 Å². The van der Waals surface area contributed by atoms with Gasteiger partial charge in [-0.15, -0.1) is 0 Å². The lowest BCUT2D eigenvalue weighted by molar-refractivity contribution is -0.157. The predicted molar refractivity (Wildman–Crippen MR) is 58.3 cm³/mol. The maximum absolute atomic E-state index is 11.4. The van der Waals surface area contributed by atoms with Gasteiger partial charge in [-0.3, -0.25) is 4.79 Å². The van der Waals surface area contributed by atoms with E-state index in [2.05, 4.69) is 5.32 Å². The third kappa shape index (κ3) is 6.71. The second kappa shape index (κ2) is 5.53. The molecule has 0 aromatic rings. The van der Waals surface area contributed by atoms with E-state index in [-0.39, 0.29) is 5.91 Å². The minimum Gasteiger partial charge on any atom is -0.458 e. The van der Waals surface area contributed by atoms with E-state index in [0.717, 1.165) is 0 Å². The fourth-order valence-electron chi connectivity index (χ4n) is 0.862. The van der Waals surface area contributed by atoms with E-state index >= 15 is 0 Å². The summed E-state index contributed by atoms with van der Waals surface area (Å²) in [6.07, 6.45) is 2.97. The molecule has 0 aliphatic carbocycles. The minimum atomic E-state index is -0.632. The molecule has 0 saturated heterocycles. The van der Waals surface area contributed by atoms with E-state index in [0.29, 0.717) is 0 Å². The van der Waals surface area contributed by atoms with Gasteiger partial charge >= 0.3 is 5.97 Å². The van der Waals surface area contributed by atoms with Crippen LogP contribution >= 0.6 is 0 Å². The Balaban J connectivity index is 4.16. The summed E-state index contributed by atoms with van der Waals surface area (Å²) >= 11 is 0. The van der Waals surface area contributed by atoms with Crippen LogP contribution in [0.3, 0.4) is 0 Å². The van der Waals surface area contributed by atoms with Gasteiger partial charge in [-0.25, -0.2) is 4.79 Å². The Morgan fingerprint density at radius 1 is 1.33 bits per heavy atom. The van der Waals surface area contributed by atoms with Crippen molar-refractivity contribution in [2.24, 2.45) is 0 Å². The highest BCUT2D eigenvalue weighted by atomic mass is 16.6. The van der Waals surface area contributed by atoms with Gasteiger partial charge in [0.05, 0.1) is 0 Å². The van der Waals surface area contributed by atoms with Crippen LogP contribution < -0.4 is 5.32 Å². The summed E-state index contributed by atoms with van der Waals surface area (Å²) in [5.74, 6) is -0.726. The highest BCUT2D eigenvalue weighted by Crippen LogP contribution is 2.08. The summed E-state index contributed by atoms with van der Waals surface area (Å²) < 4.78 is 5.10. The molecule has 0 saturated carbocycles. The SMILES string of the molecule is C/C=C/C(=O)N[C@@H](C)C(=O)OC(C)(C)C. The van der Waals surface area contributed by atoms with Gasteiger partial charge in [0.25, 0.3) is 0 Å². The number of carbonyl (C=O) groups is 2. The number of carbonyl (C=O) groups excluding carboxylic acids is 2. The van der Waals surface area contributed by atoms with Crippen molar-refractivity contribution in [2.75, 3.05) is 0 Å². The van der Waals surface area contributed by atoms with E-state index in [1.165, 1.54) is 6.08 Å². The number of amides is 1. The largest absolute Gasteiger partial charge is 0.458 e. The Hall–Kier alpha value is -1.32. The smallest absolute Gasteiger partial charge is 0.328 e. The summed E-state index contributed by atoms with van der Waals surface area (Å²) in [7, 11) is 0. The standard InChI is InChI=1S/C11H19NO3/c1-6-7-9(13)12-8(2)10(14)15-11(3,4)5/h6-8H,1-5H3,(H,12,13)/b7-6+/t8-/m0/s1. The van der Waals surface area contributed by atoms with Gasteiger partial charge in [0.1, 0.15) is 11.6 Å². The van der Waals surface area contributed by atoms with Crippen LogP contribution in [-0.2, 0) is 14.3 Å². The van der Waals surface area contributed by atoms with Gasteiger partial charge in [0, 0.05) is 0 Å². The van der Waals surface area contributed by atoms with Crippen LogP contribution in [0.1, 0.15) is 34.6 Å². The average Bonchev–Trinajstić information content (AvgIpc) is 2.00. The van der Waals surface area contributed by atoms with Crippen molar-refractivity contribution in [3.63, 3.8) is 0 Å². The first-order valence-corrected chi connectivity index (χ1v) is 4.92. The van der Waals surface area contributed by atoms with E-state index in [4.69, 9.17) is 4.74 Å². The van der Waals surface area contributed by atoms with E-state index < -0.39 is 17.6 Å². The van der Waals surface area contributed by atoms with Crippen LogP contribution in [0.25, 0.3) is 0 Å². The third-order valence-corrected chi connectivity index (χ3v) is 1.44. The monoisotopic (exact) mass is 213 g/mol. The molecule has 0 spiro atoms. The third-order valence-electron chi connectivity index (χ3n) is 1.44. The minimum absolute atomic E-state index is 0.296. The number of allylic oxidation sites excluding steroid dienone is 1. The lowest BCUT2D eigenvalue weighted by Crippen LogP contribution is -2.41. The zero-order chi connectivity index (χ0) is 12.1. The molecule has 0 radical (unpaired) electrons. The van der Waals surface area contributed by atoms with Gasteiger partial charge in [-0.1, -0.05) is 6.08 Å². The molecular weight excluding hydrogens is 194 g/mol. The molecule has 1 amide bonds. The lowest BCUT2D eigenvalue weighted by Gasteiger charge is -2.22. The molecule has 15 heavy (non-hydrogen) atoms. The molecule has 0 aromatic carbocycles. The number of nitrogens with one attached hydrogen (secondary N) is 1. The number of hydrogen-bond acceptors (Lipinski definition) is 3. The highest BCUT2D eigenvalue weighted by molar-refractivity contribution is 5.91. The number of rotatable bonds is 3. The van der Waals surface area contributed by atoms with Crippen LogP contribution in [0.5, 0.6) is 0 Å². The van der Waals surface area contributed by atoms with Crippen molar-refractivity contribution in [1.29, 1.82) is 0 Å². The van der Waals surface area contributed by atoms with Crippen molar-refractivity contribution in [1.82, 2.24) is 5.32 Å². The molecule has 0 bridgehead atoms. The zero-order valence-electron chi connectivity index (χ0n) is 9.96. The normalized spacial score (nSPS) is 13.7. The Labute approximate surface area is 90.7 Å². The van der Waals surface area contributed by atoms with Gasteiger partial charge < -0.3 is 10.1 Å². The fourth-order valence-corrected chi connectivity index (χ4v) is 0.862. The molecule has 0 heterocycles. The summed E-state index contributed by atoms with van der Waals surface area (Å²) in [5, 5.41) is 2.50. The fraction of sp³-hybridized carbons (Fsp3) is 0.636. The molecule has 1 atom stereocenters. The first-order chi connectivity index (χ1) is 6.76. The van der Waals surface area contributed by atoms with E-state index in [9.17, 15) is 9.59 Å². The Morgan fingerprint density at radius 2 is 1.87 bits per heavy atom. The molecule has 1 N–H and O–H groups in total. The maximum Gasteiger partial charge on any atom is 0.328 e. The second-order valence-corrected chi connectivity index (χ2v) is 4.26. The average molecular weight is 213 g/mol. The van der Waals surface area contributed by atoms with Crippen molar-refractivity contribution in [2.45, 2.75) is 46.3 Å². The predicted octanol–water partition coefficient (Wildman–Crippen LogP) is 1.41. The summed E-state index contributed by atoms with van der Waals surface area (Å²) in [6.45, 7) is 8.68. The molecule has 0 aromatic heterocycles. The summed E-state index contributed by atoms with van der Waals surface area (Å²) in [6, 6.07) is -0.632. The molecule has 0 rings (SSSR count). The van der Waals surface area contributed by atoms with Crippen LogP contribution in [0.4, 0.5) is 0 Å². The van der Waals surface area contributed by atoms with Crippen LogP contribution in [0.2, 0.25) is 0 Å². The molecule has 0 aliphatic rings. The molecule has 4 heteroatoms. The molecule has 0 aliphatic heterocycles. The van der Waals surface area contributed by atoms with Gasteiger partial charge in [0.15, 0.2) is 0 Å². The van der Waals surface area contributed by atoms with Gasteiger partial charge in [0.2, 0.25) is 5.91 Å². The van der Waals surface area contributed by atoms with E-state index in [1.807, 2.05) is 0 Å². The zero-order valence-corrected chi connectivity index (χ0v) is 9.96. The van der Waals surface area contributed by atoms with Crippen molar-refractivity contribution in [3.8, 4) is 0 Å². The summed E-state index contributed by atoms with van der Waals surface area (Å²) in [4.78, 5) is 22.6. The highest BCUT2D eigenvalue weighted by Gasteiger charge is 2.22. The number of hydrogen-bond donors (Lipinski definition) is 1. The number of esters is 1. The molecular formula is C11H19NO3.